The zero-order chi connectivity index (χ0) is 24.2. The van der Waals surface area contributed by atoms with E-state index in [-0.39, 0.29) is 0 Å². The third-order valence-electron chi connectivity index (χ3n) is 6.02. The van der Waals surface area contributed by atoms with Gasteiger partial charge in [-0.15, -0.1) is 0 Å². The zero-order valence-corrected chi connectivity index (χ0v) is 21.4. The van der Waals surface area contributed by atoms with Crippen LogP contribution in [-0.4, -0.2) is 61.4 Å². The van der Waals surface area contributed by atoms with Crippen molar-refractivity contribution in [1.29, 1.82) is 0 Å². The summed E-state index contributed by atoms with van der Waals surface area (Å²) in [5.74, 6) is 3.04. The molecule has 1 fully saturated rings. The van der Waals surface area contributed by atoms with Gasteiger partial charge < -0.3 is 29.6 Å². The highest BCUT2D eigenvalue weighted by Crippen LogP contribution is 2.42. The van der Waals surface area contributed by atoms with Gasteiger partial charge in [0.15, 0.2) is 17.3 Å². The Kier molecular flexibility index (Phi) is 7.21. The first-order chi connectivity index (χ1) is 17.1. The van der Waals surface area contributed by atoms with Crippen LogP contribution in [0.25, 0.3) is 0 Å². The van der Waals surface area contributed by atoms with Gasteiger partial charge in [-0.1, -0.05) is 22.0 Å². The fraction of sp³-hybridized carbons (Fsp3) is 0.360. The Hall–Kier alpha value is -3.08. The summed E-state index contributed by atoms with van der Waals surface area (Å²) in [5, 5.41) is 6.78. The minimum atomic E-state index is 0.442. The topological polar surface area (TPSA) is 90.0 Å². The van der Waals surface area contributed by atoms with Crippen molar-refractivity contribution in [1.82, 2.24) is 14.9 Å². The quantitative estimate of drug-likeness (QED) is 0.440. The van der Waals surface area contributed by atoms with Crippen LogP contribution in [0.3, 0.4) is 0 Å². The lowest BCUT2D eigenvalue weighted by Gasteiger charge is -2.26. The van der Waals surface area contributed by atoms with Crippen LogP contribution in [0.4, 0.5) is 17.2 Å². The molecule has 0 radical (unpaired) electrons. The molecule has 2 N–H and O–H groups in total. The number of hydrogen-bond donors (Lipinski definition) is 2. The molecule has 0 aliphatic carbocycles. The molecule has 0 bridgehead atoms. The molecule has 3 heterocycles. The summed E-state index contributed by atoms with van der Waals surface area (Å²) in [7, 11) is 1.64. The van der Waals surface area contributed by atoms with Crippen LogP contribution >= 0.6 is 15.9 Å². The molecule has 1 aromatic heterocycles. The molecule has 1 saturated heterocycles. The minimum absolute atomic E-state index is 0.442. The summed E-state index contributed by atoms with van der Waals surface area (Å²) in [4.78, 5) is 11.1. The van der Waals surface area contributed by atoms with Gasteiger partial charge in [-0.2, -0.15) is 4.98 Å². The molecule has 35 heavy (non-hydrogen) atoms. The molecule has 2 aliphatic heterocycles. The number of ether oxygens (including phenoxy) is 4. The van der Waals surface area contributed by atoms with Crippen molar-refractivity contribution < 1.29 is 18.9 Å². The molecule has 0 spiro atoms. The average molecular weight is 542 g/mol. The van der Waals surface area contributed by atoms with Crippen molar-refractivity contribution in [2.75, 3.05) is 57.2 Å². The molecular formula is C25H28BrN5O4. The van der Waals surface area contributed by atoms with E-state index >= 15 is 0 Å². The van der Waals surface area contributed by atoms with Crippen molar-refractivity contribution in [3.05, 3.63) is 52.3 Å². The normalized spacial score (nSPS) is 15.2. The van der Waals surface area contributed by atoms with E-state index in [0.717, 1.165) is 54.1 Å². The van der Waals surface area contributed by atoms with E-state index in [2.05, 4.69) is 41.4 Å². The van der Waals surface area contributed by atoms with E-state index in [4.69, 9.17) is 18.9 Å². The molecule has 0 amide bonds. The summed E-state index contributed by atoms with van der Waals surface area (Å²) in [5.41, 5.74) is 3.69. The van der Waals surface area contributed by atoms with E-state index in [1.54, 1.807) is 7.11 Å². The highest BCUT2D eigenvalue weighted by atomic mass is 79.9. The van der Waals surface area contributed by atoms with Gasteiger partial charge in [0, 0.05) is 48.0 Å². The first kappa shape index (κ1) is 23.7. The number of nitrogens with one attached hydrogen (secondary N) is 2. The monoisotopic (exact) mass is 541 g/mol. The highest BCUT2D eigenvalue weighted by molar-refractivity contribution is 9.10. The molecule has 9 nitrogen and oxygen atoms in total. The molecule has 0 unspecified atom stereocenters. The largest absolute Gasteiger partial charge is 0.493 e. The Morgan fingerprint density at radius 1 is 1.14 bits per heavy atom. The summed E-state index contributed by atoms with van der Waals surface area (Å²) in [6.45, 7) is 7.32. The van der Waals surface area contributed by atoms with Crippen LogP contribution < -0.4 is 24.8 Å². The number of fused-ring (bicyclic) bond motifs is 2. The van der Waals surface area contributed by atoms with Gasteiger partial charge in [0.25, 0.3) is 0 Å². The second kappa shape index (κ2) is 10.7. The smallest absolute Gasteiger partial charge is 0.248 e. The molecule has 3 aromatic rings. The van der Waals surface area contributed by atoms with E-state index in [0.29, 0.717) is 47.8 Å². The molecular weight excluding hydrogens is 514 g/mol. The summed E-state index contributed by atoms with van der Waals surface area (Å²) in [6.07, 6.45) is 1.49. The maximum absolute atomic E-state index is 6.23. The standard InChI is InChI=1S/C25H28BrN5O4/c1-16-3-4-18(12-19(16)26)30-24-23-25(29-15-28-24)35-20-13-22(21(32-2)11-17(20)14-27-23)34-10-7-31-5-8-33-9-6-31/h3-4,11-13,15,27H,5-10,14H2,1-2H3,(H,28,29,30). The Labute approximate surface area is 212 Å². The Morgan fingerprint density at radius 3 is 2.80 bits per heavy atom. The predicted molar refractivity (Wildman–Crippen MR) is 137 cm³/mol. The maximum atomic E-state index is 6.23. The van der Waals surface area contributed by atoms with Crippen LogP contribution in [-0.2, 0) is 11.3 Å². The molecule has 5 rings (SSSR count). The van der Waals surface area contributed by atoms with E-state index < -0.39 is 0 Å². The van der Waals surface area contributed by atoms with Gasteiger partial charge in [-0.05, 0) is 30.7 Å². The number of morpholine rings is 1. The first-order valence-electron chi connectivity index (χ1n) is 11.5. The van der Waals surface area contributed by atoms with Crippen molar-refractivity contribution in [3.8, 4) is 23.1 Å². The van der Waals surface area contributed by atoms with Crippen LogP contribution in [0.5, 0.6) is 23.1 Å². The van der Waals surface area contributed by atoms with Crippen molar-refractivity contribution in [2.45, 2.75) is 13.5 Å². The van der Waals surface area contributed by atoms with E-state index in [1.807, 2.05) is 37.3 Å². The van der Waals surface area contributed by atoms with E-state index in [9.17, 15) is 0 Å². The minimum Gasteiger partial charge on any atom is -0.493 e. The van der Waals surface area contributed by atoms with Gasteiger partial charge in [-0.25, -0.2) is 4.98 Å². The maximum Gasteiger partial charge on any atom is 0.248 e. The van der Waals surface area contributed by atoms with Crippen LogP contribution in [0.1, 0.15) is 11.1 Å². The number of methoxy groups -OCH3 is 1. The zero-order valence-electron chi connectivity index (χ0n) is 19.8. The first-order valence-corrected chi connectivity index (χ1v) is 12.3. The van der Waals surface area contributed by atoms with Crippen LogP contribution in [0, 0.1) is 6.92 Å². The number of aromatic nitrogens is 2. The number of anilines is 3. The molecule has 0 atom stereocenters. The molecule has 10 heteroatoms. The molecule has 2 aliphatic rings. The van der Waals surface area contributed by atoms with Gasteiger partial charge >= 0.3 is 0 Å². The number of rotatable bonds is 7. The Balaban J connectivity index is 1.35. The van der Waals surface area contributed by atoms with Crippen molar-refractivity contribution in [2.24, 2.45) is 0 Å². The Bertz CT molecular complexity index is 1200. The second-order valence-corrected chi connectivity index (χ2v) is 9.21. The summed E-state index contributed by atoms with van der Waals surface area (Å²) >= 11 is 3.58. The fourth-order valence-electron chi connectivity index (χ4n) is 3.99. The van der Waals surface area contributed by atoms with Crippen molar-refractivity contribution >= 4 is 33.1 Å². The molecule has 2 aromatic carbocycles. The average Bonchev–Trinajstić information content (AvgIpc) is 3.06. The molecule has 0 saturated carbocycles. The fourth-order valence-corrected chi connectivity index (χ4v) is 4.37. The number of benzene rings is 2. The summed E-state index contributed by atoms with van der Waals surface area (Å²) < 4.78 is 24.4. The second-order valence-electron chi connectivity index (χ2n) is 8.36. The lowest BCUT2D eigenvalue weighted by Crippen LogP contribution is -2.38. The number of nitrogens with zero attached hydrogens (tertiary/aromatic N) is 3. The van der Waals surface area contributed by atoms with Gasteiger partial charge in [-0.3, -0.25) is 4.90 Å². The van der Waals surface area contributed by atoms with E-state index in [1.165, 1.54) is 6.33 Å². The SMILES string of the molecule is COc1cc2c(cc1OCCN1CCOCC1)Oc1ncnc(Nc3ccc(C)c(Br)c3)c1NC2. The predicted octanol–water partition coefficient (Wildman–Crippen LogP) is 4.73. The van der Waals surface area contributed by atoms with Gasteiger partial charge in [0.2, 0.25) is 5.88 Å². The van der Waals surface area contributed by atoms with Gasteiger partial charge in [0.1, 0.15) is 24.4 Å². The summed E-state index contributed by atoms with van der Waals surface area (Å²) in [6, 6.07) is 9.87. The number of halogens is 1. The van der Waals surface area contributed by atoms with Crippen LogP contribution in [0.2, 0.25) is 0 Å². The third kappa shape index (κ3) is 5.44. The third-order valence-corrected chi connectivity index (χ3v) is 6.88. The van der Waals surface area contributed by atoms with Crippen molar-refractivity contribution in [3.63, 3.8) is 0 Å². The van der Waals surface area contributed by atoms with Gasteiger partial charge in [0.05, 0.1) is 20.3 Å². The van der Waals surface area contributed by atoms with Crippen LogP contribution in [0.15, 0.2) is 41.1 Å². The Morgan fingerprint density at radius 2 is 2.00 bits per heavy atom. The molecule has 184 valence electrons. The lowest BCUT2D eigenvalue weighted by atomic mass is 10.1. The number of hydrogen-bond acceptors (Lipinski definition) is 9. The highest BCUT2D eigenvalue weighted by Gasteiger charge is 2.22. The lowest BCUT2D eigenvalue weighted by molar-refractivity contribution is 0.0321. The number of aryl methyl sites for hydroxylation is 1.